The highest BCUT2D eigenvalue weighted by Crippen LogP contribution is 2.41. The molecule has 1 amide bonds. The number of aliphatic hydroxyl groups is 1. The monoisotopic (exact) mass is 487 g/mol. The first kappa shape index (κ1) is 26.5. The van der Waals surface area contributed by atoms with Crippen LogP contribution < -0.4 is 10.2 Å². The molecule has 0 aromatic carbocycles. The smallest absolute Gasteiger partial charge is 0.241 e. The molecule has 5 atom stereocenters. The van der Waals surface area contributed by atoms with Crippen molar-refractivity contribution in [1.82, 2.24) is 20.1 Å². The Bertz CT molecular complexity index is 884. The molecule has 4 heterocycles. The number of aliphatic hydroxyl groups excluding tert-OH is 1. The number of amides is 1. The van der Waals surface area contributed by atoms with Crippen LogP contribution in [0.4, 0.5) is 5.69 Å². The highest BCUT2D eigenvalue weighted by Gasteiger charge is 2.40. The Hall–Kier alpha value is -1.58. The first-order valence-electron chi connectivity index (χ1n) is 13.4. The molecule has 2 N–H and O–H groups in total. The van der Waals surface area contributed by atoms with Crippen LogP contribution in [0.3, 0.4) is 0 Å². The molecule has 35 heavy (non-hydrogen) atoms. The molecule has 0 radical (unpaired) electrons. The number of carbonyl (C=O) groups excluding carboxylic acids is 1. The standard InChI is InChI=1S/C27H45N5O3/c1-7-8-25(33)23-9-24-22(11-29-23)27(5,6)17-32(24)26(34)14-30-12-18(2)28-10-21(30)13-31-19(3)15-35-16-20(31)4/h9,11,18-21,25,28,33H,7-8,10,12-17H2,1-6H3/t18?,19-,20?,21-,25?/m1/s1. The molecule has 1 aromatic rings. The number of fused-ring (bicyclic) bond motifs is 1. The second-order valence-electron chi connectivity index (χ2n) is 11.6. The third-order valence-corrected chi connectivity index (χ3v) is 8.02. The van der Waals surface area contributed by atoms with Gasteiger partial charge in [-0.3, -0.25) is 19.6 Å². The van der Waals surface area contributed by atoms with Crippen LogP contribution in [-0.4, -0.2) is 95.9 Å². The van der Waals surface area contributed by atoms with Crippen LogP contribution in [0.1, 0.15) is 71.7 Å². The molecule has 2 saturated heterocycles. The van der Waals surface area contributed by atoms with Crippen molar-refractivity contribution in [2.45, 2.75) is 90.1 Å². The molecular formula is C27H45N5O3. The molecule has 4 rings (SSSR count). The fourth-order valence-corrected chi connectivity index (χ4v) is 5.90. The van der Waals surface area contributed by atoms with E-state index in [-0.39, 0.29) is 17.4 Å². The topological polar surface area (TPSA) is 81.2 Å². The fourth-order valence-electron chi connectivity index (χ4n) is 5.90. The first-order chi connectivity index (χ1) is 16.6. The number of morpholine rings is 1. The number of carbonyl (C=O) groups is 1. The number of rotatable bonds is 7. The summed E-state index contributed by atoms with van der Waals surface area (Å²) in [6.07, 6.45) is 2.83. The summed E-state index contributed by atoms with van der Waals surface area (Å²) in [6.45, 7) is 18.3. The highest BCUT2D eigenvalue weighted by atomic mass is 16.5. The van der Waals surface area contributed by atoms with E-state index >= 15 is 0 Å². The van der Waals surface area contributed by atoms with Gasteiger partial charge in [-0.05, 0) is 33.3 Å². The zero-order valence-electron chi connectivity index (χ0n) is 22.5. The lowest BCUT2D eigenvalue weighted by molar-refractivity contribution is -0.121. The zero-order valence-corrected chi connectivity index (χ0v) is 22.5. The van der Waals surface area contributed by atoms with Crippen LogP contribution >= 0.6 is 0 Å². The van der Waals surface area contributed by atoms with E-state index in [0.29, 0.717) is 43.3 Å². The van der Waals surface area contributed by atoms with Crippen LogP contribution in [0.25, 0.3) is 0 Å². The number of nitrogens with one attached hydrogen (secondary N) is 1. The van der Waals surface area contributed by atoms with Crippen molar-refractivity contribution in [2.75, 3.05) is 50.8 Å². The van der Waals surface area contributed by atoms with Gasteiger partial charge in [-0.1, -0.05) is 27.2 Å². The normalized spacial score (nSPS) is 30.3. The number of hydrogen-bond donors (Lipinski definition) is 2. The highest BCUT2D eigenvalue weighted by molar-refractivity contribution is 5.97. The van der Waals surface area contributed by atoms with Crippen LogP contribution in [-0.2, 0) is 14.9 Å². The minimum absolute atomic E-state index is 0.126. The minimum Gasteiger partial charge on any atom is -0.387 e. The first-order valence-corrected chi connectivity index (χ1v) is 13.4. The van der Waals surface area contributed by atoms with Crippen molar-refractivity contribution in [2.24, 2.45) is 0 Å². The van der Waals surface area contributed by atoms with E-state index in [1.54, 1.807) is 0 Å². The number of nitrogens with zero attached hydrogens (tertiary/aromatic N) is 4. The Balaban J connectivity index is 1.52. The summed E-state index contributed by atoms with van der Waals surface area (Å²) in [5.41, 5.74) is 2.49. The molecule has 3 aliphatic heterocycles. The Labute approximate surface area is 211 Å². The van der Waals surface area contributed by atoms with E-state index in [4.69, 9.17) is 4.74 Å². The third-order valence-electron chi connectivity index (χ3n) is 8.02. The average molecular weight is 488 g/mol. The van der Waals surface area contributed by atoms with Crippen LogP contribution in [0.2, 0.25) is 0 Å². The summed E-state index contributed by atoms with van der Waals surface area (Å²) >= 11 is 0. The Kier molecular flexibility index (Phi) is 8.18. The molecule has 0 saturated carbocycles. The molecule has 0 aliphatic carbocycles. The van der Waals surface area contributed by atoms with Crippen molar-refractivity contribution in [3.05, 3.63) is 23.5 Å². The molecule has 3 unspecified atom stereocenters. The summed E-state index contributed by atoms with van der Waals surface area (Å²) in [5.74, 6) is 0.126. The van der Waals surface area contributed by atoms with Crippen molar-refractivity contribution in [3.63, 3.8) is 0 Å². The average Bonchev–Trinajstić information content (AvgIpc) is 3.08. The van der Waals surface area contributed by atoms with Gasteiger partial charge in [-0.25, -0.2) is 0 Å². The number of aromatic nitrogens is 1. The van der Waals surface area contributed by atoms with Crippen LogP contribution in [0.15, 0.2) is 12.3 Å². The van der Waals surface area contributed by atoms with E-state index < -0.39 is 6.10 Å². The number of hydrogen-bond acceptors (Lipinski definition) is 7. The molecule has 0 bridgehead atoms. The second-order valence-corrected chi connectivity index (χ2v) is 11.6. The summed E-state index contributed by atoms with van der Waals surface area (Å²) in [5, 5.41) is 14.2. The summed E-state index contributed by atoms with van der Waals surface area (Å²) in [6, 6.07) is 3.32. The number of pyridine rings is 1. The zero-order chi connectivity index (χ0) is 25.3. The fraction of sp³-hybridized carbons (Fsp3) is 0.778. The molecular weight excluding hydrogens is 442 g/mol. The van der Waals surface area contributed by atoms with E-state index in [9.17, 15) is 9.90 Å². The third kappa shape index (κ3) is 5.72. The van der Waals surface area contributed by atoms with Gasteiger partial charge in [-0.2, -0.15) is 0 Å². The van der Waals surface area contributed by atoms with Gasteiger partial charge in [0.1, 0.15) is 0 Å². The maximum Gasteiger partial charge on any atom is 0.241 e. The van der Waals surface area contributed by atoms with Gasteiger partial charge in [0.2, 0.25) is 5.91 Å². The predicted octanol–water partition coefficient (Wildman–Crippen LogP) is 2.31. The van der Waals surface area contributed by atoms with Crippen LogP contribution in [0, 0.1) is 0 Å². The maximum absolute atomic E-state index is 13.8. The number of piperazine rings is 1. The molecule has 8 nitrogen and oxygen atoms in total. The van der Waals surface area contributed by atoms with Gasteiger partial charge in [0, 0.05) is 67.5 Å². The van der Waals surface area contributed by atoms with Gasteiger partial charge >= 0.3 is 0 Å². The summed E-state index contributed by atoms with van der Waals surface area (Å²) in [7, 11) is 0. The van der Waals surface area contributed by atoms with Crippen molar-refractivity contribution in [1.29, 1.82) is 0 Å². The maximum atomic E-state index is 13.8. The molecule has 2 fully saturated rings. The van der Waals surface area contributed by atoms with E-state index in [0.717, 1.165) is 50.5 Å². The molecule has 8 heteroatoms. The van der Waals surface area contributed by atoms with Crippen molar-refractivity contribution in [3.8, 4) is 0 Å². The van der Waals surface area contributed by atoms with Crippen molar-refractivity contribution >= 4 is 11.6 Å². The minimum atomic E-state index is -0.595. The van der Waals surface area contributed by atoms with E-state index in [1.807, 2.05) is 17.2 Å². The van der Waals surface area contributed by atoms with Gasteiger partial charge in [0.25, 0.3) is 0 Å². The lowest BCUT2D eigenvalue weighted by Crippen LogP contribution is -2.63. The molecule has 196 valence electrons. The Morgan fingerprint density at radius 3 is 2.69 bits per heavy atom. The Morgan fingerprint density at radius 2 is 2.00 bits per heavy atom. The van der Waals surface area contributed by atoms with E-state index in [2.05, 4.69) is 61.6 Å². The van der Waals surface area contributed by atoms with Crippen LogP contribution in [0.5, 0.6) is 0 Å². The van der Waals surface area contributed by atoms with Gasteiger partial charge in [0.05, 0.1) is 37.2 Å². The lowest BCUT2D eigenvalue weighted by atomic mass is 9.88. The largest absolute Gasteiger partial charge is 0.387 e. The summed E-state index contributed by atoms with van der Waals surface area (Å²) < 4.78 is 5.73. The number of ether oxygens (including phenoxy) is 1. The quantitative estimate of drug-likeness (QED) is 0.611. The molecule has 1 aromatic heterocycles. The lowest BCUT2D eigenvalue weighted by Gasteiger charge is -2.46. The van der Waals surface area contributed by atoms with Crippen molar-refractivity contribution < 1.29 is 14.6 Å². The second kappa shape index (κ2) is 10.8. The molecule has 0 spiro atoms. The van der Waals surface area contributed by atoms with E-state index in [1.165, 1.54) is 0 Å². The Morgan fingerprint density at radius 1 is 1.29 bits per heavy atom. The predicted molar refractivity (Wildman–Crippen MR) is 139 cm³/mol. The van der Waals surface area contributed by atoms with Gasteiger partial charge < -0.3 is 20.1 Å². The van der Waals surface area contributed by atoms with Gasteiger partial charge in [0.15, 0.2) is 0 Å². The summed E-state index contributed by atoms with van der Waals surface area (Å²) in [4.78, 5) is 25.2. The van der Waals surface area contributed by atoms with Gasteiger partial charge in [-0.15, -0.1) is 0 Å². The number of anilines is 1. The molecule has 3 aliphatic rings. The SMILES string of the molecule is CCCC(O)c1cc2c(cn1)C(C)(C)CN2C(=O)CN1CC(C)NC[C@@H]1CN1C(C)COC[C@H]1C.